The Morgan fingerprint density at radius 2 is 0.647 bits per heavy atom. The predicted octanol–water partition coefficient (Wildman–Crippen LogP) is 12.2. The molecule has 5 heteroatoms. The molecule has 0 N–H and O–H groups in total. The molecule has 240 valence electrons. The van der Waals surface area contributed by atoms with Gasteiger partial charge in [0.05, 0.1) is 10.2 Å². The maximum atomic E-state index is 5.07. The fraction of sp³-hybridized carbons (Fsp3) is 0. The van der Waals surface area contributed by atoms with Gasteiger partial charge in [0.15, 0.2) is 17.5 Å². The van der Waals surface area contributed by atoms with Crippen LogP contribution in [0.1, 0.15) is 0 Å². The van der Waals surface area contributed by atoms with E-state index in [1.54, 1.807) is 11.3 Å². The van der Waals surface area contributed by atoms with Crippen molar-refractivity contribution in [3.05, 3.63) is 182 Å². The van der Waals surface area contributed by atoms with Gasteiger partial charge >= 0.3 is 0 Å². The molecule has 2 aromatic heterocycles. The predicted molar refractivity (Wildman–Crippen MR) is 211 cm³/mol. The Morgan fingerprint density at radius 3 is 1.10 bits per heavy atom. The van der Waals surface area contributed by atoms with E-state index >= 15 is 0 Å². The van der Waals surface area contributed by atoms with Gasteiger partial charge in [-0.1, -0.05) is 176 Å². The van der Waals surface area contributed by atoms with Gasteiger partial charge in [-0.3, -0.25) is 0 Å². The van der Waals surface area contributed by atoms with Crippen LogP contribution in [0, 0.1) is 0 Å². The summed E-state index contributed by atoms with van der Waals surface area (Å²) in [6, 6.07) is 62.8. The molecule has 7 aromatic carbocycles. The van der Waals surface area contributed by atoms with Crippen molar-refractivity contribution in [1.29, 1.82) is 0 Å². The van der Waals surface area contributed by atoms with Crippen molar-refractivity contribution in [2.24, 2.45) is 0 Å². The van der Waals surface area contributed by atoms with Gasteiger partial charge in [0.1, 0.15) is 5.01 Å². The second-order valence-corrected chi connectivity index (χ2v) is 13.3. The Bertz CT molecular complexity index is 2480. The lowest BCUT2D eigenvalue weighted by Crippen LogP contribution is -2.00. The Labute approximate surface area is 300 Å². The zero-order valence-corrected chi connectivity index (χ0v) is 28.3. The van der Waals surface area contributed by atoms with Crippen LogP contribution < -0.4 is 0 Å². The van der Waals surface area contributed by atoms with Crippen LogP contribution in [0.25, 0.3) is 88.3 Å². The molecule has 0 bridgehead atoms. The average Bonchev–Trinajstić information content (AvgIpc) is 3.67. The quantitative estimate of drug-likeness (QED) is 0.169. The van der Waals surface area contributed by atoms with E-state index in [1.807, 2.05) is 18.2 Å². The lowest BCUT2D eigenvalue weighted by Gasteiger charge is -2.10. The maximum Gasteiger partial charge on any atom is 0.164 e. The first-order chi connectivity index (χ1) is 25.2. The van der Waals surface area contributed by atoms with Crippen LogP contribution in [0.4, 0.5) is 0 Å². The summed E-state index contributed by atoms with van der Waals surface area (Å²) in [5.74, 6) is 1.89. The maximum absolute atomic E-state index is 5.07. The number of nitrogens with zero attached hydrogens (tertiary/aromatic N) is 4. The number of hydrogen-bond acceptors (Lipinski definition) is 5. The molecule has 0 spiro atoms. The second-order valence-electron chi connectivity index (χ2n) is 12.3. The van der Waals surface area contributed by atoms with Gasteiger partial charge in [-0.25, -0.2) is 19.9 Å². The fourth-order valence-corrected chi connectivity index (χ4v) is 7.33. The number of thiazole rings is 1. The van der Waals surface area contributed by atoms with E-state index < -0.39 is 0 Å². The molecule has 0 aliphatic heterocycles. The topological polar surface area (TPSA) is 51.6 Å². The lowest BCUT2D eigenvalue weighted by molar-refractivity contribution is 1.07. The van der Waals surface area contributed by atoms with Crippen molar-refractivity contribution in [2.75, 3.05) is 0 Å². The van der Waals surface area contributed by atoms with Crippen LogP contribution >= 0.6 is 11.3 Å². The zero-order valence-electron chi connectivity index (χ0n) is 27.5. The number of benzene rings is 7. The molecule has 9 rings (SSSR count). The van der Waals surface area contributed by atoms with Gasteiger partial charge in [-0.15, -0.1) is 11.3 Å². The average molecular weight is 671 g/mol. The van der Waals surface area contributed by atoms with Gasteiger partial charge in [0, 0.05) is 27.8 Å². The molecule has 0 saturated heterocycles. The van der Waals surface area contributed by atoms with Crippen molar-refractivity contribution in [3.63, 3.8) is 0 Å². The number of hydrogen-bond donors (Lipinski definition) is 0. The fourth-order valence-electron chi connectivity index (χ4n) is 6.33. The highest BCUT2D eigenvalue weighted by atomic mass is 32.1. The highest BCUT2D eigenvalue weighted by Gasteiger charge is 2.15. The van der Waals surface area contributed by atoms with Gasteiger partial charge in [0.25, 0.3) is 0 Å². The molecule has 2 heterocycles. The van der Waals surface area contributed by atoms with E-state index in [2.05, 4.69) is 164 Å². The van der Waals surface area contributed by atoms with E-state index in [-0.39, 0.29) is 0 Å². The van der Waals surface area contributed by atoms with Gasteiger partial charge in [-0.2, -0.15) is 0 Å². The molecular weight excluding hydrogens is 641 g/mol. The SMILES string of the molecule is c1ccc(-c2ccc(-c3nc(-c4ccc(-c5ccccc5)cc4)nc(-c4ccc(-c5cccc6sc(-c7ccccc7)nc56)cc4)n3)cc2)cc1. The van der Waals surface area contributed by atoms with Crippen LogP contribution in [0.15, 0.2) is 182 Å². The molecular formula is C46H30N4S. The third-order valence-corrected chi connectivity index (χ3v) is 10.1. The first-order valence-corrected chi connectivity index (χ1v) is 17.7. The van der Waals surface area contributed by atoms with Crippen LogP contribution in [0.3, 0.4) is 0 Å². The van der Waals surface area contributed by atoms with E-state index in [0.29, 0.717) is 17.5 Å². The highest BCUT2D eigenvalue weighted by Crippen LogP contribution is 2.36. The Kier molecular flexibility index (Phi) is 8.01. The monoisotopic (exact) mass is 670 g/mol. The molecule has 0 atom stereocenters. The summed E-state index contributed by atoms with van der Waals surface area (Å²) in [6.07, 6.45) is 0. The second kappa shape index (κ2) is 13.4. The largest absolute Gasteiger partial charge is 0.235 e. The first-order valence-electron chi connectivity index (χ1n) is 16.9. The van der Waals surface area contributed by atoms with Gasteiger partial charge in [0.2, 0.25) is 0 Å². The third kappa shape index (κ3) is 6.23. The Hall–Kier alpha value is -6.56. The van der Waals surface area contributed by atoms with Crippen molar-refractivity contribution < 1.29 is 0 Å². The lowest BCUT2D eigenvalue weighted by atomic mass is 10.0. The molecule has 0 unspecified atom stereocenters. The summed E-state index contributed by atoms with van der Waals surface area (Å²) < 4.78 is 1.17. The van der Waals surface area contributed by atoms with Crippen LogP contribution in [0.5, 0.6) is 0 Å². The van der Waals surface area contributed by atoms with Crippen LogP contribution in [0.2, 0.25) is 0 Å². The molecule has 0 aliphatic carbocycles. The first kappa shape index (κ1) is 30.5. The van der Waals surface area contributed by atoms with E-state index in [4.69, 9.17) is 19.9 Å². The zero-order chi connectivity index (χ0) is 34.0. The summed E-state index contributed by atoms with van der Waals surface area (Å²) in [5, 5.41) is 1.02. The van der Waals surface area contributed by atoms with E-state index in [9.17, 15) is 0 Å². The summed E-state index contributed by atoms with van der Waals surface area (Å²) in [5.41, 5.74) is 11.8. The third-order valence-electron chi connectivity index (χ3n) is 9.03. The minimum Gasteiger partial charge on any atom is -0.235 e. The van der Waals surface area contributed by atoms with Crippen LogP contribution in [-0.4, -0.2) is 19.9 Å². The van der Waals surface area contributed by atoms with E-state index in [0.717, 1.165) is 55.0 Å². The molecule has 51 heavy (non-hydrogen) atoms. The molecule has 0 fully saturated rings. The normalized spacial score (nSPS) is 11.1. The van der Waals surface area contributed by atoms with Gasteiger partial charge < -0.3 is 0 Å². The van der Waals surface area contributed by atoms with Gasteiger partial charge in [-0.05, 0) is 33.9 Å². The Balaban J connectivity index is 1.09. The standard InChI is InChI=1S/C46H30N4S/c1-4-11-31(12-5-1)33-19-25-36(26-20-33)43-48-44(37-27-21-34(22-28-37)32-13-6-2-7-14-32)50-45(49-43)38-29-23-35(24-30-38)40-17-10-18-41-42(40)47-46(51-41)39-15-8-3-9-16-39/h1-30H. The summed E-state index contributed by atoms with van der Waals surface area (Å²) in [4.78, 5) is 20.1. The summed E-state index contributed by atoms with van der Waals surface area (Å²) >= 11 is 1.72. The Morgan fingerprint density at radius 1 is 0.275 bits per heavy atom. The summed E-state index contributed by atoms with van der Waals surface area (Å²) in [7, 11) is 0. The van der Waals surface area contributed by atoms with E-state index in [1.165, 1.54) is 15.8 Å². The molecule has 0 saturated carbocycles. The van der Waals surface area contributed by atoms with Crippen molar-refractivity contribution in [2.45, 2.75) is 0 Å². The minimum absolute atomic E-state index is 0.624. The van der Waals surface area contributed by atoms with Crippen LogP contribution in [-0.2, 0) is 0 Å². The summed E-state index contributed by atoms with van der Waals surface area (Å²) in [6.45, 7) is 0. The number of fused-ring (bicyclic) bond motifs is 1. The molecule has 0 radical (unpaired) electrons. The number of para-hydroxylation sites is 1. The molecule has 4 nitrogen and oxygen atoms in total. The number of aromatic nitrogens is 4. The molecule has 0 amide bonds. The van der Waals surface area contributed by atoms with Crippen molar-refractivity contribution >= 4 is 21.6 Å². The number of rotatable bonds is 7. The minimum atomic E-state index is 0.624. The van der Waals surface area contributed by atoms with Crippen molar-refractivity contribution in [1.82, 2.24) is 19.9 Å². The molecule has 0 aliphatic rings. The van der Waals surface area contributed by atoms with Crippen molar-refractivity contribution in [3.8, 4) is 78.1 Å². The smallest absolute Gasteiger partial charge is 0.164 e. The molecule has 9 aromatic rings. The highest BCUT2D eigenvalue weighted by molar-refractivity contribution is 7.21.